The number of hydrogen-bond donors (Lipinski definition) is 1. The Hall–Kier alpha value is -1.13. The Morgan fingerprint density at radius 1 is 1.00 bits per heavy atom. The minimum absolute atomic E-state index is 0.0669. The molecule has 1 atom stereocenters. The summed E-state index contributed by atoms with van der Waals surface area (Å²) in [4.78, 5) is 10.9. The third-order valence-electron chi connectivity index (χ3n) is 3.90. The van der Waals surface area contributed by atoms with Crippen LogP contribution >= 0.6 is 0 Å². The van der Waals surface area contributed by atoms with Crippen LogP contribution in [0.1, 0.15) is 64.7 Å². The molecule has 0 amide bonds. The van der Waals surface area contributed by atoms with Crippen molar-refractivity contribution < 1.29 is 19.1 Å². The number of rotatable bonds is 16. The van der Waals surface area contributed by atoms with Crippen molar-refractivity contribution in [2.24, 2.45) is 0 Å². The second kappa shape index (κ2) is 15.2. The first-order valence-corrected chi connectivity index (χ1v) is 9.80. The van der Waals surface area contributed by atoms with Crippen LogP contribution in [0.2, 0.25) is 0 Å². The number of aliphatic carboxylic acids is 1. The molecule has 4 nitrogen and oxygen atoms in total. The number of nitrogens with zero attached hydrogens (tertiary/aromatic N) is 1. The van der Waals surface area contributed by atoms with Crippen LogP contribution in [0.4, 0.5) is 0 Å². The topological polar surface area (TPSA) is 46.5 Å². The van der Waals surface area contributed by atoms with Gasteiger partial charge >= 0.3 is 5.97 Å². The van der Waals surface area contributed by atoms with Gasteiger partial charge < -0.3 is 14.3 Å². The van der Waals surface area contributed by atoms with Crippen molar-refractivity contribution >= 4 is 5.97 Å². The van der Waals surface area contributed by atoms with E-state index in [2.05, 4.69) is 31.2 Å². The molecule has 4 heteroatoms. The Balaban J connectivity index is 3.76. The molecule has 1 unspecified atom stereocenters. The Morgan fingerprint density at radius 3 is 2.20 bits per heavy atom. The SMILES string of the molecule is CCCCCCCCC=CC=CCCOC(CC(=O)O)C[N+](C)(C)C. The molecule has 146 valence electrons. The van der Waals surface area contributed by atoms with E-state index in [9.17, 15) is 4.79 Å². The Morgan fingerprint density at radius 2 is 1.60 bits per heavy atom. The molecule has 0 aliphatic rings. The lowest BCUT2D eigenvalue weighted by Gasteiger charge is -2.28. The highest BCUT2D eigenvalue weighted by molar-refractivity contribution is 5.67. The molecule has 0 aromatic rings. The van der Waals surface area contributed by atoms with Gasteiger partial charge in [0.1, 0.15) is 12.6 Å². The minimum Gasteiger partial charge on any atom is -0.481 e. The van der Waals surface area contributed by atoms with Crippen molar-refractivity contribution in [3.05, 3.63) is 24.3 Å². The van der Waals surface area contributed by atoms with Gasteiger partial charge in [0.05, 0.1) is 34.2 Å². The van der Waals surface area contributed by atoms with Crippen molar-refractivity contribution in [1.82, 2.24) is 0 Å². The van der Waals surface area contributed by atoms with Crippen LogP contribution in [0, 0.1) is 0 Å². The largest absolute Gasteiger partial charge is 0.481 e. The molecular weight excluding hydrogens is 314 g/mol. The number of likely N-dealkylation sites (N-methyl/N-ethyl adjacent to an activating group) is 1. The van der Waals surface area contributed by atoms with E-state index in [1.54, 1.807) is 0 Å². The van der Waals surface area contributed by atoms with E-state index in [-0.39, 0.29) is 12.5 Å². The predicted molar refractivity (Wildman–Crippen MR) is 106 cm³/mol. The molecule has 0 aromatic heterocycles. The molecule has 0 saturated heterocycles. The summed E-state index contributed by atoms with van der Waals surface area (Å²) < 4.78 is 6.45. The zero-order valence-corrected chi connectivity index (χ0v) is 16.9. The molecule has 0 aliphatic carbocycles. The average molecular weight is 355 g/mol. The average Bonchev–Trinajstić information content (AvgIpc) is 2.49. The van der Waals surface area contributed by atoms with Crippen LogP contribution in [0.15, 0.2) is 24.3 Å². The number of hydrogen-bond acceptors (Lipinski definition) is 2. The predicted octanol–water partition coefficient (Wildman–Crippen LogP) is 4.81. The Bertz CT molecular complexity index is 383. The fourth-order valence-electron chi connectivity index (χ4n) is 2.68. The van der Waals surface area contributed by atoms with Crippen LogP contribution in [-0.4, -0.2) is 56.0 Å². The number of carboxylic acids is 1. The molecule has 1 N–H and O–H groups in total. The van der Waals surface area contributed by atoms with Gasteiger partial charge in [-0.2, -0.15) is 0 Å². The van der Waals surface area contributed by atoms with E-state index in [0.29, 0.717) is 17.6 Å². The molecule has 0 saturated carbocycles. The van der Waals surface area contributed by atoms with E-state index >= 15 is 0 Å². The molecule has 0 aliphatic heterocycles. The second-order valence-corrected chi connectivity index (χ2v) is 7.76. The van der Waals surface area contributed by atoms with Crippen molar-refractivity contribution in [3.8, 4) is 0 Å². The minimum atomic E-state index is -0.799. The van der Waals surface area contributed by atoms with Crippen molar-refractivity contribution in [2.45, 2.75) is 70.8 Å². The van der Waals surface area contributed by atoms with E-state index in [0.717, 1.165) is 12.8 Å². The smallest absolute Gasteiger partial charge is 0.306 e. The van der Waals surface area contributed by atoms with Crippen molar-refractivity contribution in [3.63, 3.8) is 0 Å². The lowest BCUT2D eigenvalue weighted by atomic mass is 10.1. The van der Waals surface area contributed by atoms with Gasteiger partial charge in [0.2, 0.25) is 0 Å². The fourth-order valence-corrected chi connectivity index (χ4v) is 2.68. The maximum atomic E-state index is 10.9. The summed E-state index contributed by atoms with van der Waals surface area (Å²) in [5.41, 5.74) is 0. The van der Waals surface area contributed by atoms with Gasteiger partial charge in [-0.05, 0) is 19.3 Å². The van der Waals surface area contributed by atoms with Gasteiger partial charge in [0.25, 0.3) is 0 Å². The van der Waals surface area contributed by atoms with Gasteiger partial charge in [-0.1, -0.05) is 63.3 Å². The number of carbonyl (C=O) groups is 1. The standard InChI is InChI=1S/C21H39NO3/c1-5-6-7-8-9-10-11-12-13-14-15-16-17-25-20(18-21(23)24)19-22(2,3)4/h12-15,20H,5-11,16-19H2,1-4H3/p+1. The monoisotopic (exact) mass is 354 g/mol. The first-order valence-electron chi connectivity index (χ1n) is 9.80. The van der Waals surface area contributed by atoms with E-state index in [4.69, 9.17) is 9.84 Å². The molecule has 0 heterocycles. The van der Waals surface area contributed by atoms with Crippen LogP contribution in [0.3, 0.4) is 0 Å². The summed E-state index contributed by atoms with van der Waals surface area (Å²) in [6.07, 6.45) is 18.3. The summed E-state index contributed by atoms with van der Waals surface area (Å²) in [6, 6.07) is 0. The molecule has 0 aromatic carbocycles. The van der Waals surface area contributed by atoms with Crippen molar-refractivity contribution in [2.75, 3.05) is 34.3 Å². The first kappa shape index (κ1) is 23.9. The van der Waals surface area contributed by atoms with Crippen LogP contribution in [0.25, 0.3) is 0 Å². The van der Waals surface area contributed by atoms with Crippen molar-refractivity contribution in [1.29, 1.82) is 0 Å². The zero-order chi connectivity index (χ0) is 19.0. The molecule has 0 fully saturated rings. The van der Waals surface area contributed by atoms with Gasteiger partial charge in [0, 0.05) is 0 Å². The van der Waals surface area contributed by atoms with Gasteiger partial charge in [0.15, 0.2) is 0 Å². The molecule has 0 radical (unpaired) electrons. The number of allylic oxidation sites excluding steroid dienone is 3. The maximum absolute atomic E-state index is 10.9. The first-order chi connectivity index (χ1) is 11.8. The number of ether oxygens (including phenoxy) is 1. The summed E-state index contributed by atoms with van der Waals surface area (Å²) in [7, 11) is 6.14. The quantitative estimate of drug-likeness (QED) is 0.246. The van der Waals surface area contributed by atoms with E-state index in [1.807, 2.05) is 21.1 Å². The highest BCUT2D eigenvalue weighted by Gasteiger charge is 2.21. The maximum Gasteiger partial charge on any atom is 0.306 e. The number of carboxylic acid groups (broad SMARTS) is 1. The lowest BCUT2D eigenvalue weighted by Crippen LogP contribution is -2.43. The van der Waals surface area contributed by atoms with Gasteiger partial charge in [-0.3, -0.25) is 4.79 Å². The third-order valence-corrected chi connectivity index (χ3v) is 3.90. The molecule has 0 rings (SSSR count). The van der Waals surface area contributed by atoms with Crippen LogP contribution in [-0.2, 0) is 9.53 Å². The summed E-state index contributed by atoms with van der Waals surface area (Å²) >= 11 is 0. The Kier molecular flexibility index (Phi) is 14.5. The van der Waals surface area contributed by atoms with Crippen LogP contribution < -0.4 is 0 Å². The van der Waals surface area contributed by atoms with Gasteiger partial charge in [-0.25, -0.2) is 0 Å². The highest BCUT2D eigenvalue weighted by atomic mass is 16.5. The molecule has 0 spiro atoms. The molecule has 25 heavy (non-hydrogen) atoms. The van der Waals surface area contributed by atoms with E-state index < -0.39 is 5.97 Å². The fraction of sp³-hybridized carbons (Fsp3) is 0.762. The number of unbranched alkanes of at least 4 members (excludes halogenated alkanes) is 6. The second-order valence-electron chi connectivity index (χ2n) is 7.76. The summed E-state index contributed by atoms with van der Waals surface area (Å²) in [5.74, 6) is -0.799. The molecular formula is C21H40NO3+. The summed E-state index contributed by atoms with van der Waals surface area (Å²) in [5, 5.41) is 8.97. The van der Waals surface area contributed by atoms with Crippen LogP contribution in [0.5, 0.6) is 0 Å². The lowest BCUT2D eigenvalue weighted by molar-refractivity contribution is -0.873. The molecule has 0 bridgehead atoms. The third kappa shape index (κ3) is 19.0. The highest BCUT2D eigenvalue weighted by Crippen LogP contribution is 2.07. The normalized spacial score (nSPS) is 13.8. The zero-order valence-electron chi connectivity index (χ0n) is 16.9. The summed E-state index contributed by atoms with van der Waals surface area (Å²) in [6.45, 7) is 3.52. The number of quaternary nitrogens is 1. The van der Waals surface area contributed by atoms with E-state index in [1.165, 1.54) is 38.5 Å². The Labute approximate surface area is 155 Å². The van der Waals surface area contributed by atoms with Gasteiger partial charge in [-0.15, -0.1) is 0 Å².